The second-order valence-electron chi connectivity index (χ2n) is 5.89. The van der Waals surface area contributed by atoms with Crippen molar-refractivity contribution in [1.82, 2.24) is 9.21 Å². The Morgan fingerprint density at radius 2 is 1.83 bits per heavy atom. The summed E-state index contributed by atoms with van der Waals surface area (Å²) in [5.41, 5.74) is 0.711. The smallest absolute Gasteiger partial charge is 0.260 e. The zero-order chi connectivity index (χ0) is 17.7. The van der Waals surface area contributed by atoms with Gasteiger partial charge >= 0.3 is 0 Å². The van der Waals surface area contributed by atoms with Gasteiger partial charge in [0.2, 0.25) is 10.0 Å². The molecule has 1 amide bonds. The summed E-state index contributed by atoms with van der Waals surface area (Å²) in [5, 5.41) is 0. The van der Waals surface area contributed by atoms with E-state index < -0.39 is 10.0 Å². The number of aryl methyl sites for hydroxylation is 1. The van der Waals surface area contributed by atoms with Crippen LogP contribution in [0.15, 0.2) is 23.1 Å². The van der Waals surface area contributed by atoms with Gasteiger partial charge in [0.25, 0.3) is 5.91 Å². The van der Waals surface area contributed by atoms with Crippen molar-refractivity contribution in [2.45, 2.75) is 38.5 Å². The minimum atomic E-state index is -3.43. The molecule has 1 aromatic rings. The van der Waals surface area contributed by atoms with E-state index in [0.29, 0.717) is 37.5 Å². The molecule has 1 aromatic carbocycles. The number of benzene rings is 1. The first-order valence-corrected chi connectivity index (χ1v) is 9.85. The number of hydrogen-bond donors (Lipinski definition) is 0. The van der Waals surface area contributed by atoms with E-state index in [9.17, 15) is 13.2 Å². The van der Waals surface area contributed by atoms with Crippen LogP contribution < -0.4 is 4.74 Å². The Labute approximate surface area is 144 Å². The summed E-state index contributed by atoms with van der Waals surface area (Å²) in [7, 11) is -3.43. The topological polar surface area (TPSA) is 66.9 Å². The lowest BCUT2D eigenvalue weighted by Crippen LogP contribution is -2.34. The summed E-state index contributed by atoms with van der Waals surface area (Å²) in [6.07, 6.45) is 1.82. The van der Waals surface area contributed by atoms with Crippen molar-refractivity contribution >= 4 is 15.9 Å². The number of hydrogen-bond acceptors (Lipinski definition) is 4. The van der Waals surface area contributed by atoms with Crippen LogP contribution in [0.1, 0.15) is 32.3 Å². The SMILES string of the molecule is CCN(CC)C(=O)COc1ccc(S(=O)(=O)N2CCCC2)cc1C. The van der Waals surface area contributed by atoms with E-state index in [4.69, 9.17) is 4.74 Å². The molecule has 0 N–H and O–H groups in total. The first-order valence-electron chi connectivity index (χ1n) is 8.41. The molecule has 1 saturated heterocycles. The van der Waals surface area contributed by atoms with Crippen LogP contribution in [0, 0.1) is 6.92 Å². The Bertz CT molecular complexity index is 678. The summed E-state index contributed by atoms with van der Waals surface area (Å²) in [6, 6.07) is 4.80. The molecular formula is C17H26N2O4S. The van der Waals surface area contributed by atoms with Gasteiger partial charge < -0.3 is 9.64 Å². The van der Waals surface area contributed by atoms with Gasteiger partial charge in [-0.3, -0.25) is 4.79 Å². The highest BCUT2D eigenvalue weighted by atomic mass is 32.2. The maximum absolute atomic E-state index is 12.6. The van der Waals surface area contributed by atoms with E-state index in [1.807, 2.05) is 13.8 Å². The van der Waals surface area contributed by atoms with Crippen molar-refractivity contribution in [2.75, 3.05) is 32.8 Å². The van der Waals surface area contributed by atoms with Gasteiger partial charge in [-0.2, -0.15) is 4.31 Å². The molecule has 6 nitrogen and oxygen atoms in total. The molecule has 1 heterocycles. The molecule has 0 aromatic heterocycles. The predicted octanol–water partition coefficient (Wildman–Crippen LogP) is 2.03. The number of rotatable bonds is 7. The summed E-state index contributed by atoms with van der Waals surface area (Å²) in [4.78, 5) is 14.0. The molecule has 0 spiro atoms. The maximum Gasteiger partial charge on any atom is 0.260 e. The highest BCUT2D eigenvalue weighted by Gasteiger charge is 2.27. The van der Waals surface area contributed by atoms with E-state index >= 15 is 0 Å². The number of amides is 1. The summed E-state index contributed by atoms with van der Waals surface area (Å²) in [5.74, 6) is 0.462. The summed E-state index contributed by atoms with van der Waals surface area (Å²) in [6.45, 7) is 8.04. The zero-order valence-corrected chi connectivity index (χ0v) is 15.4. The minimum Gasteiger partial charge on any atom is -0.483 e. The lowest BCUT2D eigenvalue weighted by molar-refractivity contribution is -0.132. The largest absolute Gasteiger partial charge is 0.483 e. The molecular weight excluding hydrogens is 328 g/mol. The third-order valence-corrected chi connectivity index (χ3v) is 6.21. The second kappa shape index (κ2) is 7.98. The van der Waals surface area contributed by atoms with Crippen LogP contribution in [0.4, 0.5) is 0 Å². The maximum atomic E-state index is 12.6. The van der Waals surface area contributed by atoms with Gasteiger partial charge in [-0.05, 0) is 57.4 Å². The van der Waals surface area contributed by atoms with Crippen LogP contribution in [-0.4, -0.2) is 56.3 Å². The van der Waals surface area contributed by atoms with Crippen molar-refractivity contribution in [3.63, 3.8) is 0 Å². The van der Waals surface area contributed by atoms with E-state index in [2.05, 4.69) is 0 Å². The Morgan fingerprint density at radius 1 is 1.21 bits per heavy atom. The fourth-order valence-corrected chi connectivity index (χ4v) is 4.43. The van der Waals surface area contributed by atoms with E-state index in [-0.39, 0.29) is 17.4 Å². The van der Waals surface area contributed by atoms with Gasteiger partial charge in [-0.15, -0.1) is 0 Å². The molecule has 0 atom stereocenters. The van der Waals surface area contributed by atoms with E-state index in [1.54, 1.807) is 30.0 Å². The normalized spacial score (nSPS) is 15.5. The Hall–Kier alpha value is -1.60. The Kier molecular flexibility index (Phi) is 6.23. The fraction of sp³-hybridized carbons (Fsp3) is 0.588. The zero-order valence-electron chi connectivity index (χ0n) is 14.6. The minimum absolute atomic E-state index is 0.0409. The average Bonchev–Trinajstić information content (AvgIpc) is 3.10. The van der Waals surface area contributed by atoms with Gasteiger partial charge in [-0.1, -0.05) is 0 Å². The molecule has 24 heavy (non-hydrogen) atoms. The summed E-state index contributed by atoms with van der Waals surface area (Å²) >= 11 is 0. The number of ether oxygens (including phenoxy) is 1. The predicted molar refractivity (Wildman–Crippen MR) is 92.6 cm³/mol. The van der Waals surface area contributed by atoms with Crippen molar-refractivity contribution < 1.29 is 17.9 Å². The molecule has 0 unspecified atom stereocenters. The van der Waals surface area contributed by atoms with Crippen LogP contribution in [-0.2, 0) is 14.8 Å². The average molecular weight is 354 g/mol. The number of nitrogens with zero attached hydrogens (tertiary/aromatic N) is 2. The standard InChI is InChI=1S/C17H26N2O4S/c1-4-18(5-2)17(20)13-23-16-9-8-15(12-14(16)3)24(21,22)19-10-6-7-11-19/h8-9,12H,4-7,10-11,13H2,1-3H3. The third-order valence-electron chi connectivity index (χ3n) is 4.32. The van der Waals surface area contributed by atoms with Gasteiger partial charge in [0.15, 0.2) is 6.61 Å². The fourth-order valence-electron chi connectivity index (χ4n) is 2.83. The van der Waals surface area contributed by atoms with Gasteiger partial charge in [0, 0.05) is 26.2 Å². The van der Waals surface area contributed by atoms with Crippen LogP contribution in [0.25, 0.3) is 0 Å². The first-order chi connectivity index (χ1) is 11.4. The van der Waals surface area contributed by atoms with Crippen LogP contribution in [0.2, 0.25) is 0 Å². The Morgan fingerprint density at radius 3 is 2.38 bits per heavy atom. The quantitative estimate of drug-likeness (QED) is 0.751. The molecule has 1 fully saturated rings. The lowest BCUT2D eigenvalue weighted by Gasteiger charge is -2.19. The molecule has 1 aliphatic rings. The molecule has 0 aliphatic carbocycles. The van der Waals surface area contributed by atoms with Gasteiger partial charge in [-0.25, -0.2) is 8.42 Å². The third kappa shape index (κ3) is 4.08. The molecule has 2 rings (SSSR count). The van der Waals surface area contributed by atoms with Gasteiger partial charge in [0.05, 0.1) is 4.90 Å². The second-order valence-corrected chi connectivity index (χ2v) is 7.83. The molecule has 1 aliphatic heterocycles. The first kappa shape index (κ1) is 18.7. The van der Waals surface area contributed by atoms with Crippen LogP contribution >= 0.6 is 0 Å². The Balaban J connectivity index is 2.08. The van der Waals surface area contributed by atoms with Crippen LogP contribution in [0.5, 0.6) is 5.75 Å². The van der Waals surface area contributed by atoms with Crippen LogP contribution in [0.3, 0.4) is 0 Å². The lowest BCUT2D eigenvalue weighted by atomic mass is 10.2. The van der Waals surface area contributed by atoms with Crippen molar-refractivity contribution in [3.8, 4) is 5.75 Å². The molecule has 134 valence electrons. The number of likely N-dealkylation sites (N-methyl/N-ethyl adjacent to an activating group) is 1. The monoisotopic (exact) mass is 354 g/mol. The molecule has 0 radical (unpaired) electrons. The van der Waals surface area contributed by atoms with Crippen molar-refractivity contribution in [1.29, 1.82) is 0 Å². The highest BCUT2D eigenvalue weighted by Crippen LogP contribution is 2.26. The highest BCUT2D eigenvalue weighted by molar-refractivity contribution is 7.89. The number of carbonyl (C=O) groups excluding carboxylic acids is 1. The molecule has 0 bridgehead atoms. The van der Waals surface area contributed by atoms with Crippen molar-refractivity contribution in [3.05, 3.63) is 23.8 Å². The molecule has 0 saturated carbocycles. The van der Waals surface area contributed by atoms with E-state index in [0.717, 1.165) is 12.8 Å². The van der Waals surface area contributed by atoms with Crippen molar-refractivity contribution in [2.24, 2.45) is 0 Å². The number of carbonyl (C=O) groups is 1. The number of sulfonamides is 1. The van der Waals surface area contributed by atoms with E-state index in [1.165, 1.54) is 4.31 Å². The molecule has 7 heteroatoms. The van der Waals surface area contributed by atoms with Gasteiger partial charge in [0.1, 0.15) is 5.75 Å². The summed E-state index contributed by atoms with van der Waals surface area (Å²) < 4.78 is 32.2.